The van der Waals surface area contributed by atoms with Gasteiger partial charge in [-0.05, 0) is 44.8 Å². The van der Waals surface area contributed by atoms with Crippen molar-refractivity contribution in [2.24, 2.45) is 5.92 Å². The molecule has 3 aliphatic rings. The summed E-state index contributed by atoms with van der Waals surface area (Å²) in [6, 6.07) is 1.51. The standard InChI is InChI=1S/C16H30N2S/c1-13-10-17-15(14-6-7-14)11-18(13)12-16(19-2)8-4-3-5-9-16/h13-15,17H,3-12H2,1-2H3. The molecule has 0 radical (unpaired) electrons. The van der Waals surface area contributed by atoms with Crippen LogP contribution in [0.25, 0.3) is 0 Å². The van der Waals surface area contributed by atoms with E-state index in [0.717, 1.165) is 18.0 Å². The SMILES string of the molecule is CSC1(CN2CC(C3CC3)NCC2C)CCCCC1. The Labute approximate surface area is 123 Å². The van der Waals surface area contributed by atoms with Crippen molar-refractivity contribution in [3.8, 4) is 0 Å². The first-order valence-electron chi connectivity index (χ1n) is 8.25. The second kappa shape index (κ2) is 5.95. The van der Waals surface area contributed by atoms with Crippen LogP contribution in [0.1, 0.15) is 51.9 Å². The molecule has 0 spiro atoms. The fourth-order valence-electron chi connectivity index (χ4n) is 3.98. The molecule has 1 heterocycles. The molecule has 19 heavy (non-hydrogen) atoms. The van der Waals surface area contributed by atoms with Crippen molar-refractivity contribution >= 4 is 11.8 Å². The van der Waals surface area contributed by atoms with Crippen LogP contribution in [0.5, 0.6) is 0 Å². The molecule has 1 saturated heterocycles. The second-order valence-corrected chi connectivity index (χ2v) is 8.35. The third kappa shape index (κ3) is 3.30. The molecule has 0 aromatic rings. The van der Waals surface area contributed by atoms with E-state index in [1.165, 1.54) is 64.6 Å². The molecule has 0 bridgehead atoms. The zero-order chi connectivity index (χ0) is 13.3. The average molecular weight is 282 g/mol. The Bertz CT molecular complexity index is 297. The molecule has 0 aromatic carbocycles. The predicted octanol–water partition coefficient (Wildman–Crippen LogP) is 3.12. The molecular formula is C16H30N2S. The monoisotopic (exact) mass is 282 g/mol. The minimum Gasteiger partial charge on any atom is -0.311 e. The minimum atomic E-state index is 0.567. The zero-order valence-corrected chi connectivity index (χ0v) is 13.5. The van der Waals surface area contributed by atoms with Gasteiger partial charge in [-0.3, -0.25) is 4.90 Å². The summed E-state index contributed by atoms with van der Waals surface area (Å²) in [5.74, 6) is 0.992. The lowest BCUT2D eigenvalue weighted by atomic mass is 9.87. The molecule has 2 nitrogen and oxygen atoms in total. The van der Waals surface area contributed by atoms with Gasteiger partial charge in [0.2, 0.25) is 0 Å². The maximum absolute atomic E-state index is 3.78. The number of hydrogen-bond donors (Lipinski definition) is 1. The number of piperazine rings is 1. The van der Waals surface area contributed by atoms with Crippen LogP contribution in [-0.2, 0) is 0 Å². The van der Waals surface area contributed by atoms with Gasteiger partial charge in [0.25, 0.3) is 0 Å². The largest absolute Gasteiger partial charge is 0.311 e. The lowest BCUT2D eigenvalue weighted by Gasteiger charge is -2.46. The van der Waals surface area contributed by atoms with Gasteiger partial charge in [0.1, 0.15) is 0 Å². The van der Waals surface area contributed by atoms with Gasteiger partial charge in [-0.1, -0.05) is 19.3 Å². The molecule has 2 aliphatic carbocycles. The lowest BCUT2D eigenvalue weighted by molar-refractivity contribution is 0.112. The molecule has 2 unspecified atom stereocenters. The van der Waals surface area contributed by atoms with E-state index in [0.29, 0.717) is 4.75 Å². The van der Waals surface area contributed by atoms with E-state index in [4.69, 9.17) is 0 Å². The maximum atomic E-state index is 3.78. The Balaban J connectivity index is 1.62. The highest BCUT2D eigenvalue weighted by Gasteiger charge is 2.39. The van der Waals surface area contributed by atoms with Crippen molar-refractivity contribution < 1.29 is 0 Å². The van der Waals surface area contributed by atoms with E-state index >= 15 is 0 Å². The quantitative estimate of drug-likeness (QED) is 0.853. The van der Waals surface area contributed by atoms with Crippen molar-refractivity contribution in [2.75, 3.05) is 25.9 Å². The second-order valence-electron chi connectivity index (χ2n) is 7.08. The third-order valence-corrected chi connectivity index (χ3v) is 7.01. The summed E-state index contributed by atoms with van der Waals surface area (Å²) in [6.07, 6.45) is 12.5. The Morgan fingerprint density at radius 2 is 1.95 bits per heavy atom. The van der Waals surface area contributed by atoms with Gasteiger partial charge in [-0.2, -0.15) is 11.8 Å². The molecule has 1 N–H and O–H groups in total. The summed E-state index contributed by atoms with van der Waals surface area (Å²) in [5.41, 5.74) is 0. The maximum Gasteiger partial charge on any atom is 0.0284 e. The highest BCUT2D eigenvalue weighted by atomic mass is 32.2. The van der Waals surface area contributed by atoms with E-state index in [2.05, 4.69) is 35.2 Å². The van der Waals surface area contributed by atoms with Gasteiger partial charge in [-0.15, -0.1) is 0 Å². The number of thioether (sulfide) groups is 1. The van der Waals surface area contributed by atoms with Crippen LogP contribution in [0.3, 0.4) is 0 Å². The topological polar surface area (TPSA) is 15.3 Å². The highest BCUT2D eigenvalue weighted by Crippen LogP contribution is 2.40. The fourth-order valence-corrected chi connectivity index (χ4v) is 4.97. The molecule has 0 aromatic heterocycles. The van der Waals surface area contributed by atoms with Crippen molar-refractivity contribution in [3.63, 3.8) is 0 Å². The van der Waals surface area contributed by atoms with E-state index in [-0.39, 0.29) is 0 Å². The van der Waals surface area contributed by atoms with Crippen molar-refractivity contribution in [3.05, 3.63) is 0 Å². The van der Waals surface area contributed by atoms with Crippen molar-refractivity contribution in [1.29, 1.82) is 0 Å². The van der Waals surface area contributed by atoms with Gasteiger partial charge in [0, 0.05) is 36.5 Å². The van der Waals surface area contributed by atoms with E-state index in [9.17, 15) is 0 Å². The van der Waals surface area contributed by atoms with Crippen molar-refractivity contribution in [2.45, 2.75) is 68.7 Å². The number of hydrogen-bond acceptors (Lipinski definition) is 3. The molecule has 110 valence electrons. The van der Waals surface area contributed by atoms with Crippen LogP contribution < -0.4 is 5.32 Å². The average Bonchev–Trinajstić information content (AvgIpc) is 3.27. The summed E-state index contributed by atoms with van der Waals surface area (Å²) < 4.78 is 0.567. The van der Waals surface area contributed by atoms with Crippen LogP contribution in [-0.4, -0.2) is 47.6 Å². The first-order chi connectivity index (χ1) is 9.22. The Morgan fingerprint density at radius 1 is 1.21 bits per heavy atom. The first kappa shape index (κ1) is 14.2. The van der Waals surface area contributed by atoms with Crippen LogP contribution in [0.2, 0.25) is 0 Å². The van der Waals surface area contributed by atoms with Gasteiger partial charge >= 0.3 is 0 Å². The van der Waals surface area contributed by atoms with Crippen LogP contribution in [0.4, 0.5) is 0 Å². The molecular weight excluding hydrogens is 252 g/mol. The molecule has 2 atom stereocenters. The third-order valence-electron chi connectivity index (χ3n) is 5.61. The summed E-state index contributed by atoms with van der Waals surface area (Å²) in [6.45, 7) is 6.24. The molecule has 3 heteroatoms. The van der Waals surface area contributed by atoms with Crippen LogP contribution >= 0.6 is 11.8 Å². The molecule has 3 fully saturated rings. The molecule has 0 amide bonds. The summed E-state index contributed by atoms with van der Waals surface area (Å²) in [5, 5.41) is 3.78. The number of rotatable bonds is 4. The lowest BCUT2D eigenvalue weighted by Crippen LogP contribution is -2.59. The van der Waals surface area contributed by atoms with E-state index in [1.807, 2.05) is 0 Å². The van der Waals surface area contributed by atoms with Crippen molar-refractivity contribution in [1.82, 2.24) is 10.2 Å². The van der Waals surface area contributed by atoms with Crippen LogP contribution in [0.15, 0.2) is 0 Å². The van der Waals surface area contributed by atoms with Gasteiger partial charge in [0.15, 0.2) is 0 Å². The molecule has 3 rings (SSSR count). The first-order valence-corrected chi connectivity index (χ1v) is 9.47. The molecule has 2 saturated carbocycles. The minimum absolute atomic E-state index is 0.567. The predicted molar refractivity (Wildman–Crippen MR) is 84.9 cm³/mol. The fraction of sp³-hybridized carbons (Fsp3) is 1.00. The normalized spacial score (nSPS) is 36.3. The number of nitrogens with zero attached hydrogens (tertiary/aromatic N) is 1. The van der Waals surface area contributed by atoms with Gasteiger partial charge in [-0.25, -0.2) is 0 Å². The summed E-state index contributed by atoms with van der Waals surface area (Å²) >= 11 is 2.15. The smallest absolute Gasteiger partial charge is 0.0284 e. The van der Waals surface area contributed by atoms with E-state index in [1.54, 1.807) is 0 Å². The highest BCUT2D eigenvalue weighted by molar-refractivity contribution is 8.00. The zero-order valence-electron chi connectivity index (χ0n) is 12.7. The Hall–Kier alpha value is 0.270. The Kier molecular flexibility index (Phi) is 4.45. The van der Waals surface area contributed by atoms with Gasteiger partial charge < -0.3 is 5.32 Å². The summed E-state index contributed by atoms with van der Waals surface area (Å²) in [7, 11) is 0. The number of nitrogens with one attached hydrogen (secondary N) is 1. The Morgan fingerprint density at radius 3 is 2.58 bits per heavy atom. The summed E-state index contributed by atoms with van der Waals surface area (Å²) in [4.78, 5) is 2.81. The van der Waals surface area contributed by atoms with Crippen LogP contribution in [0, 0.1) is 5.92 Å². The van der Waals surface area contributed by atoms with Gasteiger partial charge in [0.05, 0.1) is 0 Å². The van der Waals surface area contributed by atoms with E-state index < -0.39 is 0 Å². The molecule has 1 aliphatic heterocycles.